The van der Waals surface area contributed by atoms with Gasteiger partial charge in [-0.2, -0.15) is 0 Å². The lowest BCUT2D eigenvalue weighted by Gasteiger charge is -2.25. The molecule has 7 heteroatoms. The Balaban J connectivity index is 1.74. The molecule has 1 aromatic heterocycles. The largest absolute Gasteiger partial charge is 0.355 e. The van der Waals surface area contributed by atoms with E-state index in [0.717, 1.165) is 6.42 Å². The van der Waals surface area contributed by atoms with Crippen LogP contribution in [0, 0.1) is 0 Å². The topological polar surface area (TPSA) is 73.8 Å². The first-order valence-electron chi connectivity index (χ1n) is 7.99. The van der Waals surface area contributed by atoms with Gasteiger partial charge < -0.3 is 10.6 Å². The van der Waals surface area contributed by atoms with Crippen molar-refractivity contribution in [3.05, 3.63) is 21.9 Å². The standard InChI is InChI=1S/C16H24N4O2S/c1-3-12-7-8-13(23-12)11-19-16(17-2)18-9-10-20-14(21)5-4-6-15(20)22/h7-8H,3-6,9-11H2,1-2H3,(H2,17,18,19). The van der Waals surface area contributed by atoms with E-state index < -0.39 is 0 Å². The van der Waals surface area contributed by atoms with Gasteiger partial charge in [0.1, 0.15) is 0 Å². The summed E-state index contributed by atoms with van der Waals surface area (Å²) in [7, 11) is 1.71. The fourth-order valence-electron chi connectivity index (χ4n) is 2.43. The maximum absolute atomic E-state index is 11.7. The molecular formula is C16H24N4O2S. The van der Waals surface area contributed by atoms with E-state index in [1.807, 2.05) is 0 Å². The Kier molecular flexibility index (Phi) is 6.58. The first kappa shape index (κ1) is 17.5. The van der Waals surface area contributed by atoms with Crippen LogP contribution in [0.1, 0.15) is 35.9 Å². The molecule has 2 N–H and O–H groups in total. The first-order chi connectivity index (χ1) is 11.1. The summed E-state index contributed by atoms with van der Waals surface area (Å²) in [5.41, 5.74) is 0. The Labute approximate surface area is 141 Å². The van der Waals surface area contributed by atoms with Crippen LogP contribution in [0.2, 0.25) is 0 Å². The lowest BCUT2D eigenvalue weighted by atomic mass is 10.1. The molecule has 2 amide bonds. The van der Waals surface area contributed by atoms with Crippen molar-refractivity contribution in [3.8, 4) is 0 Å². The second-order valence-electron chi connectivity index (χ2n) is 5.37. The maximum atomic E-state index is 11.7. The lowest BCUT2D eigenvalue weighted by Crippen LogP contribution is -2.46. The highest BCUT2D eigenvalue weighted by molar-refractivity contribution is 7.11. The Bertz CT molecular complexity index is 566. The normalized spacial score (nSPS) is 15.9. The number of carbonyl (C=O) groups is 2. The predicted octanol–water partition coefficient (Wildman–Crippen LogP) is 1.51. The fourth-order valence-corrected chi connectivity index (χ4v) is 3.33. The third kappa shape index (κ3) is 5.06. The van der Waals surface area contributed by atoms with E-state index in [9.17, 15) is 9.59 Å². The zero-order chi connectivity index (χ0) is 16.7. The van der Waals surface area contributed by atoms with Gasteiger partial charge in [-0.25, -0.2) is 0 Å². The summed E-state index contributed by atoms with van der Waals surface area (Å²) in [6.07, 6.45) is 2.66. The number of nitrogens with one attached hydrogen (secondary N) is 2. The Hall–Kier alpha value is -1.89. The third-order valence-electron chi connectivity index (χ3n) is 3.73. The van der Waals surface area contributed by atoms with Crippen molar-refractivity contribution in [2.24, 2.45) is 4.99 Å². The summed E-state index contributed by atoms with van der Waals surface area (Å²) >= 11 is 1.79. The van der Waals surface area contributed by atoms with Gasteiger partial charge in [-0.05, 0) is 25.0 Å². The molecule has 0 aliphatic carbocycles. The van der Waals surface area contributed by atoms with E-state index >= 15 is 0 Å². The zero-order valence-corrected chi connectivity index (χ0v) is 14.5. The van der Waals surface area contributed by atoms with Gasteiger partial charge in [-0.3, -0.25) is 19.5 Å². The lowest BCUT2D eigenvalue weighted by molar-refractivity contribution is -0.147. The van der Waals surface area contributed by atoms with E-state index in [1.165, 1.54) is 14.7 Å². The molecule has 2 rings (SSSR count). The molecule has 0 bridgehead atoms. The molecule has 1 saturated heterocycles. The molecule has 0 unspecified atom stereocenters. The highest BCUT2D eigenvalue weighted by atomic mass is 32.1. The molecule has 23 heavy (non-hydrogen) atoms. The van der Waals surface area contributed by atoms with Gasteiger partial charge in [-0.15, -0.1) is 11.3 Å². The number of rotatable bonds is 6. The van der Waals surface area contributed by atoms with Crippen LogP contribution in [0.3, 0.4) is 0 Å². The summed E-state index contributed by atoms with van der Waals surface area (Å²) in [6.45, 7) is 3.75. The van der Waals surface area contributed by atoms with Gasteiger partial charge in [0.2, 0.25) is 11.8 Å². The molecule has 1 aliphatic heterocycles. The number of aryl methyl sites for hydroxylation is 1. The number of imide groups is 1. The highest BCUT2D eigenvalue weighted by Crippen LogP contribution is 2.16. The van der Waals surface area contributed by atoms with E-state index in [-0.39, 0.29) is 11.8 Å². The molecule has 126 valence electrons. The summed E-state index contributed by atoms with van der Waals surface area (Å²) in [5, 5.41) is 6.39. The van der Waals surface area contributed by atoms with Crippen molar-refractivity contribution in [1.29, 1.82) is 0 Å². The van der Waals surface area contributed by atoms with Gasteiger partial charge >= 0.3 is 0 Å². The predicted molar refractivity (Wildman–Crippen MR) is 92.5 cm³/mol. The van der Waals surface area contributed by atoms with Crippen LogP contribution in [-0.2, 0) is 22.6 Å². The molecular weight excluding hydrogens is 312 g/mol. The van der Waals surface area contributed by atoms with E-state index in [0.29, 0.717) is 44.9 Å². The quantitative estimate of drug-likeness (QED) is 0.469. The van der Waals surface area contributed by atoms with E-state index in [2.05, 4.69) is 34.7 Å². The minimum Gasteiger partial charge on any atom is -0.355 e. The van der Waals surface area contributed by atoms with Crippen LogP contribution in [0.4, 0.5) is 0 Å². The number of carbonyl (C=O) groups excluding carboxylic acids is 2. The van der Waals surface area contributed by atoms with Gasteiger partial charge in [0.15, 0.2) is 5.96 Å². The van der Waals surface area contributed by atoms with Crippen LogP contribution in [0.25, 0.3) is 0 Å². The second kappa shape index (κ2) is 8.67. The molecule has 2 heterocycles. The van der Waals surface area contributed by atoms with Gasteiger partial charge in [0.25, 0.3) is 0 Å². The average Bonchev–Trinajstić information content (AvgIpc) is 3.01. The number of thiophene rings is 1. The fraction of sp³-hybridized carbons (Fsp3) is 0.562. The van der Waals surface area contributed by atoms with Gasteiger partial charge in [0.05, 0.1) is 6.54 Å². The third-order valence-corrected chi connectivity index (χ3v) is 4.96. The van der Waals surface area contributed by atoms with Crippen LogP contribution in [0.5, 0.6) is 0 Å². The molecule has 6 nitrogen and oxygen atoms in total. The number of aliphatic imine (C=N–C) groups is 1. The molecule has 1 aliphatic rings. The monoisotopic (exact) mass is 336 g/mol. The average molecular weight is 336 g/mol. The Morgan fingerprint density at radius 3 is 2.52 bits per heavy atom. The van der Waals surface area contributed by atoms with Crippen LogP contribution >= 0.6 is 11.3 Å². The minimum atomic E-state index is -0.0725. The molecule has 0 aromatic carbocycles. The van der Waals surface area contributed by atoms with Gasteiger partial charge in [-0.1, -0.05) is 6.92 Å². The number of likely N-dealkylation sites (tertiary alicyclic amines) is 1. The van der Waals surface area contributed by atoms with Crippen molar-refractivity contribution < 1.29 is 9.59 Å². The Morgan fingerprint density at radius 1 is 1.22 bits per heavy atom. The molecule has 0 spiro atoms. The zero-order valence-electron chi connectivity index (χ0n) is 13.7. The van der Waals surface area contributed by atoms with E-state index in [1.54, 1.807) is 18.4 Å². The number of amides is 2. The van der Waals surface area contributed by atoms with Crippen molar-refractivity contribution in [2.75, 3.05) is 20.1 Å². The number of guanidine groups is 1. The number of nitrogens with zero attached hydrogens (tertiary/aromatic N) is 2. The number of hydrogen-bond donors (Lipinski definition) is 2. The number of piperidine rings is 1. The van der Waals surface area contributed by atoms with Crippen molar-refractivity contribution in [1.82, 2.24) is 15.5 Å². The summed E-state index contributed by atoms with van der Waals surface area (Å²) < 4.78 is 0. The molecule has 0 atom stereocenters. The first-order valence-corrected chi connectivity index (χ1v) is 8.81. The van der Waals surface area contributed by atoms with Crippen molar-refractivity contribution >= 4 is 29.1 Å². The number of hydrogen-bond acceptors (Lipinski definition) is 4. The highest BCUT2D eigenvalue weighted by Gasteiger charge is 2.25. The van der Waals surface area contributed by atoms with E-state index in [4.69, 9.17) is 0 Å². The van der Waals surface area contributed by atoms with Crippen LogP contribution in [0.15, 0.2) is 17.1 Å². The SMILES string of the molecule is CCc1ccc(CNC(=NC)NCCN2C(=O)CCCC2=O)s1. The summed E-state index contributed by atoms with van der Waals surface area (Å²) in [4.78, 5) is 31.6. The van der Waals surface area contributed by atoms with Crippen LogP contribution in [-0.4, -0.2) is 42.8 Å². The Morgan fingerprint density at radius 2 is 1.91 bits per heavy atom. The second-order valence-corrected chi connectivity index (χ2v) is 6.62. The summed E-state index contributed by atoms with van der Waals surface area (Å²) in [5.74, 6) is 0.529. The molecule has 1 fully saturated rings. The molecule has 0 radical (unpaired) electrons. The van der Waals surface area contributed by atoms with Crippen molar-refractivity contribution in [3.63, 3.8) is 0 Å². The van der Waals surface area contributed by atoms with Gasteiger partial charge in [0, 0.05) is 42.7 Å². The summed E-state index contributed by atoms with van der Waals surface area (Å²) in [6, 6.07) is 4.26. The maximum Gasteiger partial charge on any atom is 0.229 e. The minimum absolute atomic E-state index is 0.0725. The van der Waals surface area contributed by atoms with Crippen molar-refractivity contribution in [2.45, 2.75) is 39.2 Å². The molecule has 1 aromatic rings. The van der Waals surface area contributed by atoms with Crippen LogP contribution < -0.4 is 10.6 Å². The smallest absolute Gasteiger partial charge is 0.229 e. The molecule has 0 saturated carbocycles.